The van der Waals surface area contributed by atoms with Gasteiger partial charge in [-0.2, -0.15) is 0 Å². The molecule has 2 aromatic rings. The van der Waals surface area contributed by atoms with Gasteiger partial charge in [-0.1, -0.05) is 30.7 Å². The zero-order valence-corrected chi connectivity index (χ0v) is 15.0. The average molecular weight is 419 g/mol. The first-order valence-electron chi connectivity index (χ1n) is 6.41. The van der Waals surface area contributed by atoms with Gasteiger partial charge in [0.1, 0.15) is 0 Å². The smallest absolute Gasteiger partial charge is 0.0763 e. The molecule has 1 aromatic heterocycles. The van der Waals surface area contributed by atoms with Gasteiger partial charge in [0, 0.05) is 20.2 Å². The van der Waals surface area contributed by atoms with E-state index in [0.717, 1.165) is 38.2 Å². The lowest BCUT2D eigenvalue weighted by molar-refractivity contribution is 0.584. The summed E-state index contributed by atoms with van der Waals surface area (Å²) in [5.74, 6) is 0. The maximum absolute atomic E-state index is 5.97. The van der Waals surface area contributed by atoms with Crippen LogP contribution in [0.25, 0.3) is 0 Å². The third kappa shape index (κ3) is 4.04. The maximum Gasteiger partial charge on any atom is 0.0763 e. The van der Waals surface area contributed by atoms with Gasteiger partial charge in [-0.05, 0) is 68.6 Å². The van der Waals surface area contributed by atoms with Crippen LogP contribution in [-0.4, -0.2) is 11.5 Å². The number of hydrogen-bond acceptors (Lipinski definition) is 2. The first-order chi connectivity index (χ1) is 9.61. The van der Waals surface area contributed by atoms with E-state index < -0.39 is 0 Å². The molecule has 1 N–H and O–H groups in total. The Morgan fingerprint density at radius 1 is 1.25 bits per heavy atom. The molecule has 0 saturated carbocycles. The van der Waals surface area contributed by atoms with Crippen molar-refractivity contribution >= 4 is 43.5 Å². The van der Waals surface area contributed by atoms with E-state index in [1.807, 2.05) is 36.5 Å². The molecule has 0 aliphatic carbocycles. The molecule has 2 nitrogen and oxygen atoms in total. The van der Waals surface area contributed by atoms with Gasteiger partial charge in [0.2, 0.25) is 0 Å². The average Bonchev–Trinajstić information content (AvgIpc) is 2.42. The molecule has 0 bridgehead atoms. The molecule has 0 fully saturated rings. The summed E-state index contributed by atoms with van der Waals surface area (Å²) in [5, 5.41) is 4.27. The summed E-state index contributed by atoms with van der Waals surface area (Å²) in [4.78, 5) is 4.54. The number of hydrogen-bond donors (Lipinski definition) is 1. The van der Waals surface area contributed by atoms with Crippen molar-refractivity contribution in [1.29, 1.82) is 0 Å². The summed E-state index contributed by atoms with van der Waals surface area (Å²) in [6.45, 7) is 3.08. The summed E-state index contributed by atoms with van der Waals surface area (Å²) in [5.41, 5.74) is 2.13. The molecule has 106 valence electrons. The predicted molar refractivity (Wildman–Crippen MR) is 91.2 cm³/mol. The van der Waals surface area contributed by atoms with E-state index in [1.54, 1.807) is 0 Å². The fourth-order valence-electron chi connectivity index (χ4n) is 1.95. The van der Waals surface area contributed by atoms with Gasteiger partial charge in [0.05, 0.1) is 11.7 Å². The molecule has 0 spiro atoms. The minimum atomic E-state index is 0.0506. The van der Waals surface area contributed by atoms with Crippen LogP contribution in [0.3, 0.4) is 0 Å². The van der Waals surface area contributed by atoms with Crippen LogP contribution < -0.4 is 5.32 Å². The van der Waals surface area contributed by atoms with Gasteiger partial charge in [-0.25, -0.2) is 0 Å². The summed E-state index contributed by atoms with van der Waals surface area (Å²) in [6.07, 6.45) is 2.88. The quantitative estimate of drug-likeness (QED) is 0.708. The molecular weight excluding hydrogens is 403 g/mol. The van der Waals surface area contributed by atoms with Crippen molar-refractivity contribution < 1.29 is 0 Å². The molecule has 2 rings (SSSR count). The number of rotatable bonds is 5. The van der Waals surface area contributed by atoms with Gasteiger partial charge < -0.3 is 5.32 Å². The van der Waals surface area contributed by atoms with E-state index in [9.17, 15) is 0 Å². The molecule has 0 saturated heterocycles. The van der Waals surface area contributed by atoms with Crippen molar-refractivity contribution in [2.24, 2.45) is 0 Å². The first-order valence-corrected chi connectivity index (χ1v) is 8.38. The highest BCUT2D eigenvalue weighted by Gasteiger charge is 2.17. The molecule has 1 unspecified atom stereocenters. The van der Waals surface area contributed by atoms with Crippen molar-refractivity contribution in [2.45, 2.75) is 19.4 Å². The Balaban J connectivity index is 2.38. The number of nitrogens with one attached hydrogen (secondary N) is 1. The zero-order chi connectivity index (χ0) is 14.5. The standard InChI is InChI=1S/C15H15Br2ClN2/c1-2-7-19-14(10-3-5-12(18)6-4-10)15-13(17)8-11(16)9-20-15/h3-6,8-9,14,19H,2,7H2,1H3. The molecule has 5 heteroatoms. The van der Waals surface area contributed by atoms with E-state index >= 15 is 0 Å². The number of halogens is 3. The van der Waals surface area contributed by atoms with E-state index in [2.05, 4.69) is 49.1 Å². The lowest BCUT2D eigenvalue weighted by atomic mass is 10.0. The van der Waals surface area contributed by atoms with Crippen molar-refractivity contribution in [3.8, 4) is 0 Å². The van der Waals surface area contributed by atoms with Gasteiger partial charge in [-0.15, -0.1) is 0 Å². The van der Waals surface area contributed by atoms with Crippen LogP contribution in [0.15, 0.2) is 45.5 Å². The minimum absolute atomic E-state index is 0.0506. The molecule has 0 aliphatic rings. The van der Waals surface area contributed by atoms with Gasteiger partial charge in [0.15, 0.2) is 0 Å². The Bertz CT molecular complexity index is 573. The number of aromatic nitrogens is 1. The molecule has 0 radical (unpaired) electrons. The van der Waals surface area contributed by atoms with Crippen LogP contribution in [0, 0.1) is 0 Å². The minimum Gasteiger partial charge on any atom is -0.305 e. The van der Waals surface area contributed by atoms with Crippen LogP contribution in [-0.2, 0) is 0 Å². The van der Waals surface area contributed by atoms with Crippen molar-refractivity contribution in [3.05, 3.63) is 61.8 Å². The Labute approximate surface area is 141 Å². The van der Waals surface area contributed by atoms with E-state index in [1.165, 1.54) is 0 Å². The highest BCUT2D eigenvalue weighted by atomic mass is 79.9. The van der Waals surface area contributed by atoms with Crippen LogP contribution >= 0.6 is 43.5 Å². The second-order valence-electron chi connectivity index (χ2n) is 4.46. The monoisotopic (exact) mass is 416 g/mol. The largest absolute Gasteiger partial charge is 0.305 e. The normalized spacial score (nSPS) is 12.4. The second kappa shape index (κ2) is 7.55. The molecule has 1 atom stereocenters. The van der Waals surface area contributed by atoms with Gasteiger partial charge >= 0.3 is 0 Å². The maximum atomic E-state index is 5.97. The summed E-state index contributed by atoms with van der Waals surface area (Å²) in [6, 6.07) is 9.94. The van der Waals surface area contributed by atoms with Crippen LogP contribution in [0.2, 0.25) is 5.02 Å². The van der Waals surface area contributed by atoms with Crippen molar-refractivity contribution in [1.82, 2.24) is 10.3 Å². The van der Waals surface area contributed by atoms with E-state index in [4.69, 9.17) is 11.6 Å². The molecule has 0 amide bonds. The summed E-state index contributed by atoms with van der Waals surface area (Å²) >= 11 is 13.0. The zero-order valence-electron chi connectivity index (χ0n) is 11.0. The highest BCUT2D eigenvalue weighted by molar-refractivity contribution is 9.11. The fraction of sp³-hybridized carbons (Fsp3) is 0.267. The third-order valence-electron chi connectivity index (χ3n) is 2.91. The lowest BCUT2D eigenvalue weighted by Gasteiger charge is -2.20. The van der Waals surface area contributed by atoms with Crippen LogP contribution in [0.1, 0.15) is 30.6 Å². The fourth-order valence-corrected chi connectivity index (χ4v) is 3.30. The van der Waals surface area contributed by atoms with E-state index in [-0.39, 0.29) is 6.04 Å². The third-order valence-corrected chi connectivity index (χ3v) is 4.23. The molecule has 1 heterocycles. The SMILES string of the molecule is CCCNC(c1ccc(Cl)cc1)c1ncc(Br)cc1Br. The van der Waals surface area contributed by atoms with Gasteiger partial charge in [0.25, 0.3) is 0 Å². The first kappa shape index (κ1) is 16.0. The molecule has 20 heavy (non-hydrogen) atoms. The number of pyridine rings is 1. The molecule has 0 aliphatic heterocycles. The van der Waals surface area contributed by atoms with Crippen molar-refractivity contribution in [2.75, 3.05) is 6.54 Å². The highest BCUT2D eigenvalue weighted by Crippen LogP contribution is 2.29. The Hall–Kier alpha value is -0.420. The summed E-state index contributed by atoms with van der Waals surface area (Å²) < 4.78 is 1.94. The second-order valence-corrected chi connectivity index (χ2v) is 6.67. The van der Waals surface area contributed by atoms with E-state index in [0.29, 0.717) is 0 Å². The van der Waals surface area contributed by atoms with Crippen molar-refractivity contribution in [3.63, 3.8) is 0 Å². The molecular formula is C15H15Br2ClN2. The molecule has 1 aromatic carbocycles. The summed E-state index contributed by atoms with van der Waals surface area (Å²) in [7, 11) is 0. The lowest BCUT2D eigenvalue weighted by Crippen LogP contribution is -2.24. The predicted octanol–water partition coefficient (Wildman–Crippen LogP) is 5.35. The van der Waals surface area contributed by atoms with Crippen LogP contribution in [0.5, 0.6) is 0 Å². The topological polar surface area (TPSA) is 24.9 Å². The van der Waals surface area contributed by atoms with Gasteiger partial charge in [-0.3, -0.25) is 4.98 Å². The van der Waals surface area contributed by atoms with Crippen LogP contribution in [0.4, 0.5) is 0 Å². The Morgan fingerprint density at radius 2 is 1.95 bits per heavy atom. The Morgan fingerprint density at radius 3 is 2.55 bits per heavy atom. The number of benzene rings is 1. The Kier molecular flexibility index (Phi) is 6.02. The number of nitrogens with zero attached hydrogens (tertiary/aromatic N) is 1.